The van der Waals surface area contributed by atoms with Gasteiger partial charge in [0.25, 0.3) is 5.91 Å². The van der Waals surface area contributed by atoms with Crippen molar-refractivity contribution in [1.29, 1.82) is 0 Å². The zero-order valence-corrected chi connectivity index (χ0v) is 16.9. The van der Waals surface area contributed by atoms with Gasteiger partial charge >= 0.3 is 11.9 Å². The van der Waals surface area contributed by atoms with Crippen molar-refractivity contribution >= 4 is 28.7 Å². The number of carbonyl (C=O) groups is 3. The number of aryl methyl sites for hydroxylation is 1. The Bertz CT molecular complexity index is 1040. The number of carbonyl (C=O) groups excluding carboxylic acids is 3. The van der Waals surface area contributed by atoms with Crippen molar-refractivity contribution in [2.45, 2.75) is 25.8 Å². The summed E-state index contributed by atoms with van der Waals surface area (Å²) in [4.78, 5) is 39.7. The van der Waals surface area contributed by atoms with Gasteiger partial charge in [-0.05, 0) is 35.7 Å². The maximum Gasteiger partial charge on any atom is 0.338 e. The number of ether oxygens (including phenoxy) is 2. The molecule has 2 N–H and O–H groups in total. The zero-order chi connectivity index (χ0) is 21.5. The van der Waals surface area contributed by atoms with Gasteiger partial charge in [0.2, 0.25) is 0 Å². The normalized spacial score (nSPS) is 11.7. The first-order chi connectivity index (χ1) is 14.5. The second-order valence-corrected chi connectivity index (χ2v) is 6.83. The van der Waals surface area contributed by atoms with E-state index < -0.39 is 30.5 Å². The first kappa shape index (κ1) is 21.1. The number of hydrogen-bond donors (Lipinski definition) is 2. The highest BCUT2D eigenvalue weighted by atomic mass is 16.5. The van der Waals surface area contributed by atoms with Crippen LogP contribution in [-0.2, 0) is 31.9 Å². The van der Waals surface area contributed by atoms with Crippen molar-refractivity contribution in [3.63, 3.8) is 0 Å². The van der Waals surface area contributed by atoms with E-state index in [2.05, 4.69) is 10.3 Å². The van der Waals surface area contributed by atoms with Crippen LogP contribution in [0.2, 0.25) is 0 Å². The lowest BCUT2D eigenvalue weighted by Crippen LogP contribution is -2.44. The molecule has 0 aliphatic heterocycles. The lowest BCUT2D eigenvalue weighted by atomic mass is 10.0. The molecule has 0 aliphatic rings. The van der Waals surface area contributed by atoms with Gasteiger partial charge in [-0.3, -0.25) is 4.79 Å². The molecule has 1 aromatic heterocycles. The first-order valence-corrected chi connectivity index (χ1v) is 9.70. The Morgan fingerprint density at radius 2 is 1.80 bits per heavy atom. The van der Waals surface area contributed by atoms with E-state index in [0.29, 0.717) is 5.56 Å². The second kappa shape index (κ2) is 9.73. The number of nitrogens with one attached hydrogen (secondary N) is 2. The summed E-state index contributed by atoms with van der Waals surface area (Å²) in [6.45, 7) is 1.53. The maximum atomic E-state index is 12.3. The number of amides is 1. The Morgan fingerprint density at radius 3 is 2.50 bits per heavy atom. The van der Waals surface area contributed by atoms with E-state index >= 15 is 0 Å². The average Bonchev–Trinajstić information content (AvgIpc) is 3.19. The number of methoxy groups -OCH3 is 1. The van der Waals surface area contributed by atoms with Crippen LogP contribution in [0.15, 0.2) is 54.7 Å². The summed E-state index contributed by atoms with van der Waals surface area (Å²) >= 11 is 0. The molecule has 1 heterocycles. The molecule has 3 rings (SSSR count). The molecule has 1 amide bonds. The third kappa shape index (κ3) is 5.05. The fourth-order valence-electron chi connectivity index (χ4n) is 3.18. The van der Waals surface area contributed by atoms with Crippen molar-refractivity contribution in [1.82, 2.24) is 10.3 Å². The summed E-state index contributed by atoms with van der Waals surface area (Å²) in [5.41, 5.74) is 3.27. The van der Waals surface area contributed by atoms with Crippen molar-refractivity contribution < 1.29 is 23.9 Å². The van der Waals surface area contributed by atoms with Crippen LogP contribution >= 0.6 is 0 Å². The van der Waals surface area contributed by atoms with Crippen LogP contribution in [0.1, 0.15) is 28.4 Å². The first-order valence-electron chi connectivity index (χ1n) is 9.70. The van der Waals surface area contributed by atoms with Gasteiger partial charge in [-0.15, -0.1) is 0 Å². The van der Waals surface area contributed by atoms with E-state index in [1.165, 1.54) is 7.11 Å². The van der Waals surface area contributed by atoms with Crippen LogP contribution in [0.5, 0.6) is 0 Å². The van der Waals surface area contributed by atoms with Gasteiger partial charge < -0.3 is 19.8 Å². The Morgan fingerprint density at radius 1 is 1.07 bits per heavy atom. The molecule has 0 unspecified atom stereocenters. The van der Waals surface area contributed by atoms with E-state index in [4.69, 9.17) is 9.47 Å². The molecule has 0 saturated heterocycles. The van der Waals surface area contributed by atoms with Crippen LogP contribution in [0.3, 0.4) is 0 Å². The third-order valence-corrected chi connectivity index (χ3v) is 4.85. The predicted octanol–water partition coefficient (Wildman–Crippen LogP) is 2.79. The Kier molecular flexibility index (Phi) is 6.85. The molecule has 3 aromatic rings. The van der Waals surface area contributed by atoms with Gasteiger partial charge in [0, 0.05) is 23.5 Å². The number of rotatable bonds is 8. The minimum absolute atomic E-state index is 0.245. The molecule has 0 spiro atoms. The molecule has 0 aliphatic carbocycles. The quantitative estimate of drug-likeness (QED) is 0.559. The van der Waals surface area contributed by atoms with E-state index in [9.17, 15) is 14.4 Å². The fourth-order valence-corrected chi connectivity index (χ4v) is 3.18. The molecular formula is C23H24N2O5. The van der Waals surface area contributed by atoms with Crippen LogP contribution < -0.4 is 5.32 Å². The minimum Gasteiger partial charge on any atom is -0.467 e. The van der Waals surface area contributed by atoms with Crippen LogP contribution in [0.4, 0.5) is 0 Å². The van der Waals surface area contributed by atoms with Gasteiger partial charge in [0.15, 0.2) is 6.61 Å². The van der Waals surface area contributed by atoms with Crippen LogP contribution in [0.25, 0.3) is 10.9 Å². The molecule has 2 aromatic carbocycles. The Balaban J connectivity index is 1.61. The molecule has 156 valence electrons. The van der Waals surface area contributed by atoms with E-state index in [1.54, 1.807) is 18.3 Å². The molecule has 1 atom stereocenters. The van der Waals surface area contributed by atoms with Gasteiger partial charge in [-0.2, -0.15) is 0 Å². The van der Waals surface area contributed by atoms with Crippen LogP contribution in [-0.4, -0.2) is 42.6 Å². The standard InChI is InChI=1S/C23H24N2O5/c1-3-15-8-10-16(11-9-15)22(27)30-14-21(26)25-20(23(28)29-2)12-17-13-24-19-7-5-4-6-18(17)19/h4-11,13,20,24H,3,12,14H2,1-2H3,(H,25,26)/t20-/m0/s1. The molecule has 7 nitrogen and oxygen atoms in total. The zero-order valence-electron chi connectivity index (χ0n) is 16.9. The van der Waals surface area contributed by atoms with Crippen molar-refractivity contribution in [2.24, 2.45) is 0 Å². The summed E-state index contributed by atoms with van der Waals surface area (Å²) in [5.74, 6) is -1.75. The summed E-state index contributed by atoms with van der Waals surface area (Å²) < 4.78 is 9.89. The Labute approximate surface area is 174 Å². The highest BCUT2D eigenvalue weighted by molar-refractivity contribution is 5.92. The van der Waals surface area contributed by atoms with Gasteiger partial charge in [0.1, 0.15) is 6.04 Å². The lowest BCUT2D eigenvalue weighted by Gasteiger charge is -2.16. The van der Waals surface area contributed by atoms with Crippen molar-refractivity contribution in [3.05, 3.63) is 71.4 Å². The molecule has 0 saturated carbocycles. The highest BCUT2D eigenvalue weighted by Gasteiger charge is 2.24. The third-order valence-electron chi connectivity index (χ3n) is 4.85. The molecule has 0 radical (unpaired) electrons. The smallest absolute Gasteiger partial charge is 0.338 e. The minimum atomic E-state index is -0.899. The predicted molar refractivity (Wildman–Crippen MR) is 112 cm³/mol. The average molecular weight is 408 g/mol. The van der Waals surface area contributed by atoms with Crippen LogP contribution in [0, 0.1) is 0 Å². The number of fused-ring (bicyclic) bond motifs is 1. The molecular weight excluding hydrogens is 384 g/mol. The molecule has 0 bridgehead atoms. The van der Waals surface area contributed by atoms with Gasteiger partial charge in [0.05, 0.1) is 12.7 Å². The van der Waals surface area contributed by atoms with E-state index in [-0.39, 0.29) is 6.42 Å². The number of H-pyrrole nitrogens is 1. The highest BCUT2D eigenvalue weighted by Crippen LogP contribution is 2.19. The van der Waals surface area contributed by atoms with Gasteiger partial charge in [-0.1, -0.05) is 37.3 Å². The summed E-state index contributed by atoms with van der Waals surface area (Å²) in [6.07, 6.45) is 2.91. The maximum absolute atomic E-state index is 12.3. The SMILES string of the molecule is CCc1ccc(C(=O)OCC(=O)N[C@@H](Cc2c[nH]c3ccccc23)C(=O)OC)cc1. The number of para-hydroxylation sites is 1. The summed E-state index contributed by atoms with van der Waals surface area (Å²) in [7, 11) is 1.26. The largest absolute Gasteiger partial charge is 0.467 e. The topological polar surface area (TPSA) is 97.5 Å². The molecule has 0 fully saturated rings. The fraction of sp³-hybridized carbons (Fsp3) is 0.261. The van der Waals surface area contributed by atoms with Crippen molar-refractivity contribution in [2.75, 3.05) is 13.7 Å². The second-order valence-electron chi connectivity index (χ2n) is 6.83. The number of aromatic amines is 1. The number of aromatic nitrogens is 1. The lowest BCUT2D eigenvalue weighted by molar-refractivity contribution is -0.145. The van der Waals surface area contributed by atoms with E-state index in [1.807, 2.05) is 43.3 Å². The summed E-state index contributed by atoms with van der Waals surface area (Å²) in [6, 6.07) is 13.8. The van der Waals surface area contributed by atoms with Crippen molar-refractivity contribution in [3.8, 4) is 0 Å². The van der Waals surface area contributed by atoms with E-state index in [0.717, 1.165) is 28.5 Å². The Hall–Kier alpha value is -3.61. The number of benzene rings is 2. The number of hydrogen-bond acceptors (Lipinski definition) is 5. The molecule has 7 heteroatoms. The monoisotopic (exact) mass is 408 g/mol. The summed E-state index contributed by atoms with van der Waals surface area (Å²) in [5, 5.41) is 3.55. The van der Waals surface area contributed by atoms with Gasteiger partial charge in [-0.25, -0.2) is 9.59 Å². The molecule has 30 heavy (non-hydrogen) atoms. The number of esters is 2.